The normalized spacial score (nSPS) is 10.2. The van der Waals surface area contributed by atoms with Crippen LogP contribution in [0.5, 0.6) is 17.2 Å². The number of benzene rings is 2. The molecule has 0 fully saturated rings. The summed E-state index contributed by atoms with van der Waals surface area (Å²) in [6, 6.07) is 20.9. The standard InChI is InChI=1S/C18H14ClNO2/c19-18-12-17(10-11-20-18)22-16-8-6-15(7-9-16)21-13-14-4-2-1-3-5-14/h1-12H,13H2. The van der Waals surface area contributed by atoms with Gasteiger partial charge in [-0.1, -0.05) is 41.9 Å². The van der Waals surface area contributed by atoms with Crippen molar-refractivity contribution in [3.63, 3.8) is 0 Å². The predicted molar refractivity (Wildman–Crippen MR) is 86.5 cm³/mol. The number of hydrogen-bond acceptors (Lipinski definition) is 3. The number of pyridine rings is 1. The number of rotatable bonds is 5. The smallest absolute Gasteiger partial charge is 0.132 e. The van der Waals surface area contributed by atoms with Crippen molar-refractivity contribution in [3.05, 3.63) is 83.6 Å². The molecule has 3 aromatic rings. The third-order valence-electron chi connectivity index (χ3n) is 3.01. The molecule has 3 rings (SSSR count). The Kier molecular flexibility index (Phi) is 4.56. The van der Waals surface area contributed by atoms with E-state index < -0.39 is 0 Å². The van der Waals surface area contributed by atoms with Crippen LogP contribution in [0.2, 0.25) is 5.15 Å². The van der Waals surface area contributed by atoms with Crippen molar-refractivity contribution in [2.75, 3.05) is 0 Å². The molecule has 1 heterocycles. The molecule has 0 aliphatic carbocycles. The molecule has 0 amide bonds. The maximum Gasteiger partial charge on any atom is 0.132 e. The first-order chi connectivity index (χ1) is 10.8. The van der Waals surface area contributed by atoms with Crippen LogP contribution in [0.3, 0.4) is 0 Å². The highest BCUT2D eigenvalue weighted by atomic mass is 35.5. The second-order valence-electron chi connectivity index (χ2n) is 4.66. The van der Waals surface area contributed by atoms with E-state index in [1.807, 2.05) is 54.6 Å². The Balaban J connectivity index is 1.60. The van der Waals surface area contributed by atoms with Crippen molar-refractivity contribution >= 4 is 11.6 Å². The summed E-state index contributed by atoms with van der Waals surface area (Å²) >= 11 is 5.82. The molecule has 0 atom stereocenters. The van der Waals surface area contributed by atoms with E-state index in [2.05, 4.69) is 4.98 Å². The molecule has 22 heavy (non-hydrogen) atoms. The van der Waals surface area contributed by atoms with E-state index in [4.69, 9.17) is 21.1 Å². The van der Waals surface area contributed by atoms with Gasteiger partial charge in [-0.15, -0.1) is 0 Å². The van der Waals surface area contributed by atoms with Gasteiger partial charge in [0.25, 0.3) is 0 Å². The van der Waals surface area contributed by atoms with Crippen molar-refractivity contribution in [2.45, 2.75) is 6.61 Å². The summed E-state index contributed by atoms with van der Waals surface area (Å²) in [5.74, 6) is 2.16. The Hall–Kier alpha value is -2.52. The van der Waals surface area contributed by atoms with E-state index in [1.165, 1.54) is 0 Å². The molecular weight excluding hydrogens is 298 g/mol. The average molecular weight is 312 g/mol. The van der Waals surface area contributed by atoms with Crippen LogP contribution in [-0.2, 0) is 6.61 Å². The highest BCUT2D eigenvalue weighted by Crippen LogP contribution is 2.25. The van der Waals surface area contributed by atoms with Gasteiger partial charge >= 0.3 is 0 Å². The molecule has 0 saturated carbocycles. The Morgan fingerprint density at radius 2 is 1.55 bits per heavy atom. The predicted octanol–water partition coefficient (Wildman–Crippen LogP) is 5.11. The summed E-state index contributed by atoms with van der Waals surface area (Å²) in [4.78, 5) is 3.91. The largest absolute Gasteiger partial charge is 0.489 e. The highest BCUT2D eigenvalue weighted by Gasteiger charge is 2.00. The van der Waals surface area contributed by atoms with Crippen molar-refractivity contribution in [2.24, 2.45) is 0 Å². The number of aromatic nitrogens is 1. The Bertz CT molecular complexity index is 730. The zero-order valence-corrected chi connectivity index (χ0v) is 12.5. The molecule has 1 aromatic heterocycles. The number of nitrogens with zero attached hydrogens (tertiary/aromatic N) is 1. The van der Waals surface area contributed by atoms with Crippen LogP contribution >= 0.6 is 11.6 Å². The summed E-state index contributed by atoms with van der Waals surface area (Å²) in [6.07, 6.45) is 1.61. The van der Waals surface area contributed by atoms with Gasteiger partial charge in [-0.05, 0) is 35.9 Å². The molecule has 0 bridgehead atoms. The van der Waals surface area contributed by atoms with E-state index in [9.17, 15) is 0 Å². The van der Waals surface area contributed by atoms with Gasteiger partial charge in [0.2, 0.25) is 0 Å². The van der Waals surface area contributed by atoms with Crippen molar-refractivity contribution in [1.29, 1.82) is 0 Å². The van der Waals surface area contributed by atoms with Gasteiger partial charge in [0.1, 0.15) is 29.0 Å². The van der Waals surface area contributed by atoms with Gasteiger partial charge < -0.3 is 9.47 Å². The van der Waals surface area contributed by atoms with E-state index in [0.29, 0.717) is 23.3 Å². The van der Waals surface area contributed by atoms with Gasteiger partial charge in [0, 0.05) is 12.3 Å². The van der Waals surface area contributed by atoms with Crippen LogP contribution in [-0.4, -0.2) is 4.98 Å². The molecule has 0 aliphatic heterocycles. The van der Waals surface area contributed by atoms with E-state index >= 15 is 0 Å². The monoisotopic (exact) mass is 311 g/mol. The van der Waals surface area contributed by atoms with Gasteiger partial charge in [-0.3, -0.25) is 0 Å². The van der Waals surface area contributed by atoms with Crippen LogP contribution in [0.4, 0.5) is 0 Å². The zero-order valence-electron chi connectivity index (χ0n) is 11.8. The summed E-state index contributed by atoms with van der Waals surface area (Å²) in [6.45, 7) is 0.543. The molecule has 0 N–H and O–H groups in total. The molecule has 0 radical (unpaired) electrons. The maximum absolute atomic E-state index is 5.82. The zero-order chi connectivity index (χ0) is 15.2. The van der Waals surface area contributed by atoms with Crippen LogP contribution in [0.1, 0.15) is 5.56 Å². The SMILES string of the molecule is Clc1cc(Oc2ccc(OCc3ccccc3)cc2)ccn1. The minimum Gasteiger partial charge on any atom is -0.489 e. The van der Waals surface area contributed by atoms with E-state index in [0.717, 1.165) is 11.3 Å². The molecule has 2 aromatic carbocycles. The van der Waals surface area contributed by atoms with E-state index in [1.54, 1.807) is 18.3 Å². The quantitative estimate of drug-likeness (QED) is 0.614. The third kappa shape index (κ3) is 3.99. The second kappa shape index (κ2) is 6.96. The fourth-order valence-electron chi connectivity index (χ4n) is 1.93. The Morgan fingerprint density at radius 3 is 2.27 bits per heavy atom. The lowest BCUT2D eigenvalue weighted by Gasteiger charge is -2.08. The average Bonchev–Trinajstić information content (AvgIpc) is 2.55. The van der Waals surface area contributed by atoms with Gasteiger partial charge in [-0.2, -0.15) is 0 Å². The maximum atomic E-state index is 5.82. The van der Waals surface area contributed by atoms with Gasteiger partial charge in [0.05, 0.1) is 0 Å². The summed E-state index contributed by atoms with van der Waals surface area (Å²) in [7, 11) is 0. The highest BCUT2D eigenvalue weighted by molar-refractivity contribution is 6.29. The van der Waals surface area contributed by atoms with Crippen LogP contribution in [0.25, 0.3) is 0 Å². The van der Waals surface area contributed by atoms with Crippen LogP contribution in [0, 0.1) is 0 Å². The molecule has 0 spiro atoms. The fraction of sp³-hybridized carbons (Fsp3) is 0.0556. The Labute approximate surface area is 134 Å². The lowest BCUT2D eigenvalue weighted by molar-refractivity contribution is 0.306. The number of hydrogen-bond donors (Lipinski definition) is 0. The first kappa shape index (κ1) is 14.4. The summed E-state index contributed by atoms with van der Waals surface area (Å²) in [5, 5.41) is 0.403. The molecular formula is C18H14ClNO2. The first-order valence-electron chi connectivity index (χ1n) is 6.86. The third-order valence-corrected chi connectivity index (χ3v) is 3.21. The van der Waals surface area contributed by atoms with Crippen molar-refractivity contribution in [3.8, 4) is 17.2 Å². The molecule has 0 aliphatic rings. The minimum atomic E-state index is 0.403. The van der Waals surface area contributed by atoms with Crippen molar-refractivity contribution in [1.82, 2.24) is 4.98 Å². The number of ether oxygens (including phenoxy) is 2. The molecule has 110 valence electrons. The van der Waals surface area contributed by atoms with Gasteiger partial charge in [-0.25, -0.2) is 4.98 Å². The minimum absolute atomic E-state index is 0.403. The molecule has 0 saturated heterocycles. The molecule has 3 nitrogen and oxygen atoms in total. The second-order valence-corrected chi connectivity index (χ2v) is 5.05. The molecule has 4 heteroatoms. The topological polar surface area (TPSA) is 31.4 Å². The van der Waals surface area contributed by atoms with Gasteiger partial charge in [0.15, 0.2) is 0 Å². The lowest BCUT2D eigenvalue weighted by Crippen LogP contribution is -1.94. The van der Waals surface area contributed by atoms with Crippen LogP contribution < -0.4 is 9.47 Å². The molecule has 0 unspecified atom stereocenters. The van der Waals surface area contributed by atoms with E-state index in [-0.39, 0.29) is 0 Å². The number of halogens is 1. The van der Waals surface area contributed by atoms with Crippen molar-refractivity contribution < 1.29 is 9.47 Å². The van der Waals surface area contributed by atoms with Crippen LogP contribution in [0.15, 0.2) is 72.9 Å². The summed E-state index contributed by atoms with van der Waals surface area (Å²) < 4.78 is 11.4. The fourth-order valence-corrected chi connectivity index (χ4v) is 2.09. The Morgan fingerprint density at radius 1 is 0.818 bits per heavy atom. The lowest BCUT2D eigenvalue weighted by atomic mass is 10.2. The summed E-state index contributed by atoms with van der Waals surface area (Å²) in [5.41, 5.74) is 1.13. The first-order valence-corrected chi connectivity index (χ1v) is 7.23.